The Morgan fingerprint density at radius 2 is 1.79 bits per heavy atom. The smallest absolute Gasteiger partial charge is 0.336 e. The molecule has 0 aliphatic carbocycles. The van der Waals surface area contributed by atoms with E-state index in [2.05, 4.69) is 0 Å². The Kier molecular flexibility index (Phi) is 6.47. The number of hydrogen-bond donors (Lipinski definition) is 5. The Morgan fingerprint density at radius 1 is 1.06 bits per heavy atom. The van der Waals surface area contributed by atoms with E-state index in [0.29, 0.717) is 16.4 Å². The molecule has 0 amide bonds. The largest absolute Gasteiger partial charge is 0.483 e. The van der Waals surface area contributed by atoms with Gasteiger partial charge >= 0.3 is 5.63 Å². The molecule has 4 rings (SSSR count). The van der Waals surface area contributed by atoms with E-state index in [4.69, 9.17) is 23.0 Å². The average molecular weight is 466 g/mol. The van der Waals surface area contributed by atoms with Crippen LogP contribution in [-0.2, 0) is 9.47 Å². The predicted molar refractivity (Wildman–Crippen MR) is 113 cm³/mol. The van der Waals surface area contributed by atoms with Gasteiger partial charge in [-0.3, -0.25) is 0 Å². The molecule has 0 spiro atoms. The van der Waals surface area contributed by atoms with Crippen molar-refractivity contribution < 1.29 is 48.6 Å². The third kappa shape index (κ3) is 4.62. The number of furan rings is 1. The van der Waals surface area contributed by atoms with Crippen molar-refractivity contribution in [2.24, 2.45) is 0 Å². The van der Waals surface area contributed by atoms with Gasteiger partial charge in [0.05, 0.1) is 18.5 Å². The summed E-state index contributed by atoms with van der Waals surface area (Å²) < 4.78 is 27.8. The quantitative estimate of drug-likeness (QED) is 0.294. The molecule has 0 radical (unpaired) electrons. The van der Waals surface area contributed by atoms with Gasteiger partial charge in [-0.15, -0.1) is 0 Å². The maximum absolute atomic E-state index is 11.8. The lowest BCUT2D eigenvalue weighted by molar-refractivity contribution is -0.323. The van der Waals surface area contributed by atoms with Crippen LogP contribution in [0, 0.1) is 0 Å². The standard InChI is InChI=1S/C22H26O11/c1-22(2,28)13(32-21-17(27)16(26)15(25)12(8-23)31-21)9-30-20-18-11(5-6-29-18)7-10-3-4-14(24)33-19(10)20/h3-7,12-13,15-17,21,23,25-28H,8-9H2,1-2H3. The molecule has 1 saturated heterocycles. The second kappa shape index (κ2) is 9.03. The Balaban J connectivity index is 1.62. The number of hydrogen-bond acceptors (Lipinski definition) is 11. The van der Waals surface area contributed by atoms with Gasteiger partial charge in [-0.2, -0.15) is 0 Å². The third-order valence-corrected chi connectivity index (χ3v) is 5.60. The van der Waals surface area contributed by atoms with Crippen molar-refractivity contribution in [2.45, 2.75) is 56.3 Å². The van der Waals surface area contributed by atoms with E-state index >= 15 is 0 Å². The summed E-state index contributed by atoms with van der Waals surface area (Å²) >= 11 is 0. The first-order chi connectivity index (χ1) is 15.6. The highest BCUT2D eigenvalue weighted by atomic mass is 16.7. The summed E-state index contributed by atoms with van der Waals surface area (Å²) in [6.07, 6.45) is -7.17. The molecule has 5 N–H and O–H groups in total. The molecule has 1 aliphatic rings. The zero-order valence-corrected chi connectivity index (χ0v) is 18.0. The van der Waals surface area contributed by atoms with Gasteiger partial charge < -0.3 is 48.6 Å². The molecule has 11 heteroatoms. The van der Waals surface area contributed by atoms with Crippen LogP contribution >= 0.6 is 0 Å². The van der Waals surface area contributed by atoms with Crippen molar-refractivity contribution in [3.05, 3.63) is 40.9 Å². The lowest BCUT2D eigenvalue weighted by Gasteiger charge is -2.42. The summed E-state index contributed by atoms with van der Waals surface area (Å²) in [7, 11) is 0. The molecule has 3 aromatic rings. The number of aliphatic hydroxyl groups is 5. The SMILES string of the molecule is CC(C)(O)C(COc1c2occc2cc2ccc(=O)oc12)OC1OC(CO)C(O)C(O)C1O. The topological polar surface area (TPSA) is 172 Å². The number of aliphatic hydroxyl groups excluding tert-OH is 4. The minimum Gasteiger partial charge on any atom is -0.483 e. The Hall–Kier alpha value is -2.51. The minimum atomic E-state index is -1.65. The number of fused-ring (bicyclic) bond motifs is 2. The van der Waals surface area contributed by atoms with Crippen LogP contribution in [-0.4, -0.2) is 81.2 Å². The third-order valence-electron chi connectivity index (χ3n) is 5.60. The molecule has 6 unspecified atom stereocenters. The fourth-order valence-electron chi connectivity index (χ4n) is 3.65. The van der Waals surface area contributed by atoms with Crippen LogP contribution in [0.4, 0.5) is 0 Å². The first-order valence-electron chi connectivity index (χ1n) is 10.4. The Morgan fingerprint density at radius 3 is 2.48 bits per heavy atom. The van der Waals surface area contributed by atoms with Crippen LogP contribution in [0.15, 0.2) is 44.2 Å². The van der Waals surface area contributed by atoms with E-state index in [-0.39, 0.29) is 17.9 Å². The molecule has 1 aromatic carbocycles. The highest BCUT2D eigenvalue weighted by Gasteiger charge is 2.46. The summed E-state index contributed by atoms with van der Waals surface area (Å²) in [6, 6.07) is 6.34. The van der Waals surface area contributed by atoms with Crippen molar-refractivity contribution in [3.63, 3.8) is 0 Å². The molecule has 180 valence electrons. The summed E-state index contributed by atoms with van der Waals surface area (Å²) in [4.78, 5) is 11.8. The predicted octanol–water partition coefficient (Wildman–Crippen LogP) is -0.126. The van der Waals surface area contributed by atoms with Gasteiger partial charge in [0.1, 0.15) is 37.1 Å². The van der Waals surface area contributed by atoms with Crippen LogP contribution in [0.5, 0.6) is 5.75 Å². The summed E-state index contributed by atoms with van der Waals surface area (Å²) in [5, 5.41) is 51.6. The zero-order valence-electron chi connectivity index (χ0n) is 18.0. The molecule has 2 aromatic heterocycles. The highest BCUT2D eigenvalue weighted by Crippen LogP contribution is 2.35. The lowest BCUT2D eigenvalue weighted by atomic mass is 9.98. The van der Waals surface area contributed by atoms with Gasteiger partial charge in [-0.25, -0.2) is 4.79 Å². The first kappa shape index (κ1) is 23.6. The van der Waals surface area contributed by atoms with E-state index in [1.54, 1.807) is 18.2 Å². The molecule has 6 atom stereocenters. The van der Waals surface area contributed by atoms with Gasteiger partial charge in [0.15, 0.2) is 17.5 Å². The Bertz CT molecular complexity index is 1160. The van der Waals surface area contributed by atoms with Crippen LogP contribution in [0.2, 0.25) is 0 Å². The molecular weight excluding hydrogens is 440 g/mol. The number of ether oxygens (including phenoxy) is 3. The number of rotatable bonds is 7. The van der Waals surface area contributed by atoms with Gasteiger partial charge in [-0.1, -0.05) is 0 Å². The van der Waals surface area contributed by atoms with E-state index in [9.17, 15) is 30.3 Å². The number of benzene rings is 1. The van der Waals surface area contributed by atoms with Crippen molar-refractivity contribution in [1.82, 2.24) is 0 Å². The molecule has 1 fully saturated rings. The molecule has 11 nitrogen and oxygen atoms in total. The summed E-state index contributed by atoms with van der Waals surface area (Å²) in [5.41, 5.74) is -1.65. The van der Waals surface area contributed by atoms with E-state index in [1.807, 2.05) is 0 Å². The second-order valence-electron chi connectivity index (χ2n) is 8.50. The second-order valence-corrected chi connectivity index (χ2v) is 8.50. The summed E-state index contributed by atoms with van der Waals surface area (Å²) in [5.74, 6) is 0.122. The van der Waals surface area contributed by atoms with Crippen LogP contribution < -0.4 is 10.4 Å². The van der Waals surface area contributed by atoms with Gasteiger partial charge in [0.25, 0.3) is 0 Å². The molecule has 33 heavy (non-hydrogen) atoms. The molecule has 3 heterocycles. The van der Waals surface area contributed by atoms with Crippen molar-refractivity contribution in [3.8, 4) is 5.75 Å². The van der Waals surface area contributed by atoms with Crippen molar-refractivity contribution in [1.29, 1.82) is 0 Å². The monoisotopic (exact) mass is 466 g/mol. The van der Waals surface area contributed by atoms with Crippen molar-refractivity contribution in [2.75, 3.05) is 13.2 Å². The van der Waals surface area contributed by atoms with Crippen LogP contribution in [0.3, 0.4) is 0 Å². The molecule has 1 aliphatic heterocycles. The maximum atomic E-state index is 11.8. The highest BCUT2D eigenvalue weighted by molar-refractivity contribution is 5.99. The van der Waals surface area contributed by atoms with E-state index in [1.165, 1.54) is 26.2 Å². The molecule has 0 bridgehead atoms. The zero-order chi connectivity index (χ0) is 23.9. The summed E-state index contributed by atoms with van der Waals surface area (Å²) in [6.45, 7) is 1.96. The van der Waals surface area contributed by atoms with Crippen LogP contribution in [0.1, 0.15) is 13.8 Å². The van der Waals surface area contributed by atoms with Gasteiger partial charge in [0, 0.05) is 16.8 Å². The lowest BCUT2D eigenvalue weighted by Crippen LogP contribution is -2.61. The van der Waals surface area contributed by atoms with E-state index < -0.39 is 54.6 Å². The van der Waals surface area contributed by atoms with Crippen molar-refractivity contribution >= 4 is 21.9 Å². The molecular formula is C22H26O11. The van der Waals surface area contributed by atoms with Gasteiger partial charge in [0.2, 0.25) is 5.75 Å². The fourth-order valence-corrected chi connectivity index (χ4v) is 3.65. The normalized spacial score (nSPS) is 27.2. The minimum absolute atomic E-state index is 0.122. The fraction of sp³-hybridized carbons (Fsp3) is 0.500. The Labute approximate surface area is 187 Å². The average Bonchev–Trinajstić information content (AvgIpc) is 3.23. The first-order valence-corrected chi connectivity index (χ1v) is 10.4. The van der Waals surface area contributed by atoms with E-state index in [0.717, 1.165) is 0 Å². The van der Waals surface area contributed by atoms with Gasteiger partial charge in [-0.05, 0) is 32.0 Å². The maximum Gasteiger partial charge on any atom is 0.336 e. The molecule has 0 saturated carbocycles. The van der Waals surface area contributed by atoms with Crippen LogP contribution in [0.25, 0.3) is 21.9 Å².